The molecule has 0 saturated carbocycles. The van der Waals surface area contributed by atoms with E-state index in [1.807, 2.05) is 0 Å². The van der Waals surface area contributed by atoms with Gasteiger partial charge in [0.2, 0.25) is 0 Å². The van der Waals surface area contributed by atoms with Crippen LogP contribution in [-0.4, -0.2) is 15.0 Å². The molecule has 3 heteroatoms. The van der Waals surface area contributed by atoms with Crippen LogP contribution in [0, 0.1) is 0 Å². The minimum absolute atomic E-state index is 0.189. The summed E-state index contributed by atoms with van der Waals surface area (Å²) in [5.41, 5.74) is 18.9. The van der Waals surface area contributed by atoms with E-state index in [2.05, 4.69) is 250 Å². The molecular formula is C65H45N3. The Kier molecular flexibility index (Phi) is 9.10. The fourth-order valence-corrected chi connectivity index (χ4v) is 11.5. The third kappa shape index (κ3) is 6.09. The third-order valence-corrected chi connectivity index (χ3v) is 14.6. The van der Waals surface area contributed by atoms with Gasteiger partial charge in [0.05, 0.1) is 5.41 Å². The Balaban J connectivity index is 1.09. The Bertz CT molecular complexity index is 3720. The van der Waals surface area contributed by atoms with E-state index >= 15 is 0 Å². The molecule has 0 spiro atoms. The fraction of sp³-hybridized carbons (Fsp3) is 0.0615. The van der Waals surface area contributed by atoms with Gasteiger partial charge < -0.3 is 0 Å². The summed E-state index contributed by atoms with van der Waals surface area (Å²) in [7, 11) is 0. The molecular weight excluding hydrogens is 823 g/mol. The Morgan fingerprint density at radius 3 is 1.57 bits per heavy atom. The van der Waals surface area contributed by atoms with E-state index in [0.29, 0.717) is 17.5 Å². The average Bonchev–Trinajstić information content (AvgIpc) is 3.84. The Labute approximate surface area is 397 Å². The lowest BCUT2D eigenvalue weighted by Gasteiger charge is -2.34. The molecule has 68 heavy (non-hydrogen) atoms. The van der Waals surface area contributed by atoms with E-state index < -0.39 is 5.41 Å². The number of fused-ring (bicyclic) bond motifs is 7. The molecule has 0 fully saturated rings. The van der Waals surface area contributed by atoms with Crippen LogP contribution in [0.2, 0.25) is 0 Å². The number of hydrogen-bond acceptors (Lipinski definition) is 3. The van der Waals surface area contributed by atoms with Crippen molar-refractivity contribution >= 4 is 10.8 Å². The van der Waals surface area contributed by atoms with Crippen molar-refractivity contribution in [3.63, 3.8) is 0 Å². The minimum atomic E-state index is -0.573. The highest BCUT2D eigenvalue weighted by Gasteiger charge is 2.46. The number of aromatic nitrogens is 3. The molecule has 1 aromatic heterocycles. The second kappa shape index (κ2) is 15.5. The zero-order valence-corrected chi connectivity index (χ0v) is 37.9. The number of nitrogens with zero attached hydrogens (tertiary/aromatic N) is 3. The molecule has 0 aliphatic heterocycles. The lowest BCUT2D eigenvalue weighted by molar-refractivity contribution is 0.660. The van der Waals surface area contributed by atoms with Gasteiger partial charge in [0.1, 0.15) is 0 Å². The van der Waals surface area contributed by atoms with Gasteiger partial charge in [-0.1, -0.05) is 226 Å². The summed E-state index contributed by atoms with van der Waals surface area (Å²) in [5, 5.41) is 2.40. The summed E-state index contributed by atoms with van der Waals surface area (Å²) in [6.45, 7) is 4.65. The first kappa shape index (κ1) is 39.8. The average molecular weight is 868 g/mol. The van der Waals surface area contributed by atoms with Crippen LogP contribution in [-0.2, 0) is 10.8 Å². The van der Waals surface area contributed by atoms with Gasteiger partial charge in [-0.05, 0) is 113 Å². The molecule has 0 N–H and O–H groups in total. The smallest absolute Gasteiger partial charge is 0.164 e. The molecule has 0 saturated heterocycles. The van der Waals surface area contributed by atoms with Crippen LogP contribution in [0.3, 0.4) is 0 Å². The molecule has 0 radical (unpaired) electrons. The van der Waals surface area contributed by atoms with Crippen molar-refractivity contribution < 1.29 is 0 Å². The molecule has 13 rings (SSSR count). The first-order chi connectivity index (χ1) is 33.5. The quantitative estimate of drug-likeness (QED) is 0.160. The van der Waals surface area contributed by atoms with Gasteiger partial charge in [-0.25, -0.2) is 15.0 Å². The van der Waals surface area contributed by atoms with Crippen molar-refractivity contribution in [1.29, 1.82) is 0 Å². The molecule has 1 heterocycles. The molecule has 3 nitrogen and oxygen atoms in total. The summed E-state index contributed by atoms with van der Waals surface area (Å²) in [5.74, 6) is 1.89. The predicted molar refractivity (Wildman–Crippen MR) is 279 cm³/mol. The zero-order chi connectivity index (χ0) is 45.4. The molecule has 0 bridgehead atoms. The number of hydrogen-bond donors (Lipinski definition) is 0. The van der Waals surface area contributed by atoms with Crippen molar-refractivity contribution in [1.82, 2.24) is 15.0 Å². The van der Waals surface area contributed by atoms with E-state index in [1.54, 1.807) is 0 Å². The van der Waals surface area contributed by atoms with Gasteiger partial charge in [0.25, 0.3) is 0 Å². The van der Waals surface area contributed by atoms with Crippen molar-refractivity contribution in [3.05, 3.63) is 270 Å². The molecule has 2 aliphatic rings. The van der Waals surface area contributed by atoms with Crippen molar-refractivity contribution in [3.8, 4) is 78.7 Å². The molecule has 320 valence electrons. The van der Waals surface area contributed by atoms with Crippen LogP contribution in [0.15, 0.2) is 237 Å². The summed E-state index contributed by atoms with van der Waals surface area (Å²) in [6, 6.07) is 85.7. The Morgan fingerprint density at radius 2 is 0.809 bits per heavy atom. The number of benzene rings is 10. The van der Waals surface area contributed by atoms with Crippen LogP contribution < -0.4 is 0 Å². The summed E-state index contributed by atoms with van der Waals surface area (Å²) >= 11 is 0. The monoisotopic (exact) mass is 867 g/mol. The maximum atomic E-state index is 5.55. The van der Waals surface area contributed by atoms with E-state index in [-0.39, 0.29) is 5.41 Å². The highest BCUT2D eigenvalue weighted by molar-refractivity contribution is 5.98. The van der Waals surface area contributed by atoms with Gasteiger partial charge in [-0.2, -0.15) is 0 Å². The third-order valence-electron chi connectivity index (χ3n) is 14.6. The minimum Gasteiger partial charge on any atom is -0.208 e. The predicted octanol–water partition coefficient (Wildman–Crippen LogP) is 16.0. The van der Waals surface area contributed by atoms with Crippen LogP contribution >= 0.6 is 0 Å². The Morgan fingerprint density at radius 1 is 0.294 bits per heavy atom. The van der Waals surface area contributed by atoms with E-state index in [0.717, 1.165) is 38.9 Å². The fourth-order valence-electron chi connectivity index (χ4n) is 11.5. The van der Waals surface area contributed by atoms with Gasteiger partial charge >= 0.3 is 0 Å². The van der Waals surface area contributed by atoms with Crippen LogP contribution in [0.4, 0.5) is 0 Å². The lowest BCUT2D eigenvalue weighted by Crippen LogP contribution is -2.28. The molecule has 0 unspecified atom stereocenters. The van der Waals surface area contributed by atoms with Gasteiger partial charge in [-0.3, -0.25) is 0 Å². The van der Waals surface area contributed by atoms with Crippen molar-refractivity contribution in [2.45, 2.75) is 24.7 Å². The summed E-state index contributed by atoms with van der Waals surface area (Å²) in [4.78, 5) is 16.6. The molecule has 10 aromatic carbocycles. The zero-order valence-electron chi connectivity index (χ0n) is 37.9. The molecule has 11 aromatic rings. The standard InChI is InChI=1S/C65H45N3/c1-64(2)56-33-16-15-30-54(56)60-55(32-19-35-58(60)64)63-67-61(44-36-37-53-52-29-14-17-34-57(52)65(59(53)41-44,48-24-8-4-9-25-48)49-26-10-5-11-27-49)66-62(68-63)47-39-45(42-20-6-3-7-21-42)38-46(40-47)51-31-18-23-43-22-12-13-28-50(43)51/h3-41H,1-2H3. The summed E-state index contributed by atoms with van der Waals surface area (Å²) < 4.78 is 0. The molecule has 0 atom stereocenters. The second-order valence-corrected chi connectivity index (χ2v) is 18.7. The summed E-state index contributed by atoms with van der Waals surface area (Å²) in [6.07, 6.45) is 0. The lowest BCUT2D eigenvalue weighted by atomic mass is 9.67. The SMILES string of the molecule is CC1(C)c2ccccc2-c2c(-c3nc(-c4cc(-c5ccccc5)cc(-c5cccc6ccccc56)c4)nc(-c4ccc5c(c4)C(c4ccccc4)(c4ccccc4)c4ccccc4-5)n3)cccc21. The van der Waals surface area contributed by atoms with E-state index in [1.165, 1.54) is 66.4 Å². The van der Waals surface area contributed by atoms with E-state index in [4.69, 9.17) is 15.0 Å². The van der Waals surface area contributed by atoms with Crippen LogP contribution in [0.1, 0.15) is 47.2 Å². The molecule has 2 aliphatic carbocycles. The first-order valence-corrected chi connectivity index (χ1v) is 23.5. The van der Waals surface area contributed by atoms with Crippen molar-refractivity contribution in [2.24, 2.45) is 0 Å². The van der Waals surface area contributed by atoms with Crippen LogP contribution in [0.25, 0.3) is 89.4 Å². The van der Waals surface area contributed by atoms with Gasteiger partial charge in [-0.15, -0.1) is 0 Å². The topological polar surface area (TPSA) is 38.7 Å². The largest absolute Gasteiger partial charge is 0.208 e. The maximum absolute atomic E-state index is 5.55. The first-order valence-electron chi connectivity index (χ1n) is 23.5. The van der Waals surface area contributed by atoms with Crippen LogP contribution in [0.5, 0.6) is 0 Å². The molecule has 0 amide bonds. The second-order valence-electron chi connectivity index (χ2n) is 18.7. The number of rotatable bonds is 7. The normalized spacial score (nSPS) is 13.7. The maximum Gasteiger partial charge on any atom is 0.164 e. The Hall–Kier alpha value is -8.53. The van der Waals surface area contributed by atoms with Crippen molar-refractivity contribution in [2.75, 3.05) is 0 Å². The van der Waals surface area contributed by atoms with Gasteiger partial charge in [0, 0.05) is 22.1 Å². The highest BCUT2D eigenvalue weighted by atomic mass is 15.0. The van der Waals surface area contributed by atoms with Gasteiger partial charge in [0.15, 0.2) is 17.5 Å². The van der Waals surface area contributed by atoms with E-state index in [9.17, 15) is 0 Å². The highest BCUT2D eigenvalue weighted by Crippen LogP contribution is 2.57.